The summed E-state index contributed by atoms with van der Waals surface area (Å²) in [4.78, 5) is 23.0. The highest BCUT2D eigenvalue weighted by molar-refractivity contribution is 6.44. The van der Waals surface area contributed by atoms with Crippen molar-refractivity contribution in [2.45, 2.75) is 41.0 Å². The molecule has 0 N–H and O–H groups in total. The second-order valence-corrected chi connectivity index (χ2v) is 5.07. The largest absolute Gasteiger partial charge is 0.290 e. The summed E-state index contributed by atoms with van der Waals surface area (Å²) in [6.07, 6.45) is 2.34. The number of hydrogen-bond acceptors (Lipinski definition) is 2. The molecule has 0 fully saturated rings. The fraction of sp³-hybridized carbons (Fsp3) is 0.538. The Kier molecular flexibility index (Phi) is 2.98. The monoisotopic (exact) mass is 206 g/mol. The summed E-state index contributed by atoms with van der Waals surface area (Å²) in [5.41, 5.74) is 2.55. The Morgan fingerprint density at radius 1 is 1.27 bits per heavy atom. The van der Waals surface area contributed by atoms with Gasteiger partial charge >= 0.3 is 0 Å². The minimum Gasteiger partial charge on any atom is -0.290 e. The number of allylic oxidation sites excluding steroid dienone is 4. The van der Waals surface area contributed by atoms with E-state index in [0.717, 1.165) is 11.1 Å². The van der Waals surface area contributed by atoms with Crippen molar-refractivity contribution >= 4 is 11.6 Å². The lowest BCUT2D eigenvalue weighted by Crippen LogP contribution is -2.32. The molecular weight excluding hydrogens is 188 g/mol. The zero-order valence-electron chi connectivity index (χ0n) is 10.1. The molecule has 0 aromatic heterocycles. The van der Waals surface area contributed by atoms with E-state index in [9.17, 15) is 9.59 Å². The van der Waals surface area contributed by atoms with E-state index in [0.29, 0.717) is 12.0 Å². The Balaban J connectivity index is 3.34. The van der Waals surface area contributed by atoms with Crippen LogP contribution in [0.3, 0.4) is 0 Å². The lowest BCUT2D eigenvalue weighted by atomic mass is 9.71. The van der Waals surface area contributed by atoms with E-state index in [2.05, 4.69) is 0 Å². The van der Waals surface area contributed by atoms with Crippen LogP contribution < -0.4 is 0 Å². The zero-order valence-corrected chi connectivity index (χ0v) is 10.1. The van der Waals surface area contributed by atoms with E-state index >= 15 is 0 Å². The molecule has 2 heteroatoms. The van der Waals surface area contributed by atoms with E-state index in [1.807, 2.05) is 33.8 Å². The normalized spacial score (nSPS) is 20.6. The van der Waals surface area contributed by atoms with Crippen LogP contribution >= 0.6 is 0 Å². The third-order valence-corrected chi connectivity index (χ3v) is 2.76. The van der Waals surface area contributed by atoms with Crippen LogP contribution in [0, 0.1) is 5.41 Å². The molecule has 0 saturated heterocycles. The molecule has 82 valence electrons. The Bertz CT molecular complexity index is 377. The lowest BCUT2D eigenvalue weighted by molar-refractivity contribution is -0.136. The number of hydrogen-bond donors (Lipinski definition) is 0. The standard InChI is InChI=1S/C13H18O2/c1-8(2)6-10-9(3)12(15)11(14)7-13(10,4)5/h6H,7H2,1-5H3. The zero-order chi connectivity index (χ0) is 11.8. The van der Waals surface area contributed by atoms with Crippen molar-refractivity contribution in [2.24, 2.45) is 5.41 Å². The van der Waals surface area contributed by atoms with Gasteiger partial charge < -0.3 is 0 Å². The highest BCUT2D eigenvalue weighted by Gasteiger charge is 2.36. The molecule has 1 aliphatic rings. The summed E-state index contributed by atoms with van der Waals surface area (Å²) in [6, 6.07) is 0. The van der Waals surface area contributed by atoms with Crippen LogP contribution in [0.25, 0.3) is 0 Å². The van der Waals surface area contributed by atoms with Gasteiger partial charge in [-0.15, -0.1) is 0 Å². The second-order valence-electron chi connectivity index (χ2n) is 5.07. The van der Waals surface area contributed by atoms with E-state index in [-0.39, 0.29) is 17.0 Å². The predicted molar refractivity (Wildman–Crippen MR) is 60.5 cm³/mol. The first kappa shape index (κ1) is 11.9. The fourth-order valence-electron chi connectivity index (χ4n) is 2.01. The molecule has 0 spiro atoms. The van der Waals surface area contributed by atoms with Gasteiger partial charge in [0.15, 0.2) is 0 Å². The molecule has 0 heterocycles. The maximum atomic E-state index is 11.6. The quantitative estimate of drug-likeness (QED) is 0.618. The number of carbonyl (C=O) groups excluding carboxylic acids is 2. The first-order valence-electron chi connectivity index (χ1n) is 5.19. The minimum absolute atomic E-state index is 0.216. The third-order valence-electron chi connectivity index (χ3n) is 2.76. The van der Waals surface area contributed by atoms with Gasteiger partial charge in [-0.2, -0.15) is 0 Å². The maximum Gasteiger partial charge on any atom is 0.224 e. The molecule has 0 radical (unpaired) electrons. The molecular formula is C13H18O2. The van der Waals surface area contributed by atoms with Gasteiger partial charge in [-0.1, -0.05) is 25.5 Å². The summed E-state index contributed by atoms with van der Waals surface area (Å²) in [5.74, 6) is -0.578. The van der Waals surface area contributed by atoms with Gasteiger partial charge in [0.05, 0.1) is 0 Å². The molecule has 0 aromatic rings. The Hall–Kier alpha value is -1.18. The minimum atomic E-state index is -0.318. The number of ketones is 2. The van der Waals surface area contributed by atoms with Crippen molar-refractivity contribution in [3.05, 3.63) is 22.8 Å². The van der Waals surface area contributed by atoms with Gasteiger partial charge in [-0.25, -0.2) is 0 Å². The van der Waals surface area contributed by atoms with Crippen LogP contribution in [-0.4, -0.2) is 11.6 Å². The first-order chi connectivity index (χ1) is 6.75. The van der Waals surface area contributed by atoms with Crippen molar-refractivity contribution in [1.29, 1.82) is 0 Å². The van der Waals surface area contributed by atoms with Crippen molar-refractivity contribution in [3.8, 4) is 0 Å². The van der Waals surface area contributed by atoms with Crippen LogP contribution in [0.5, 0.6) is 0 Å². The van der Waals surface area contributed by atoms with Gasteiger partial charge in [0.2, 0.25) is 11.6 Å². The van der Waals surface area contributed by atoms with Crippen molar-refractivity contribution in [1.82, 2.24) is 0 Å². The molecule has 0 atom stereocenters. The molecule has 0 aromatic carbocycles. The first-order valence-corrected chi connectivity index (χ1v) is 5.19. The lowest BCUT2D eigenvalue weighted by Gasteiger charge is -2.31. The van der Waals surface area contributed by atoms with Gasteiger partial charge in [-0.3, -0.25) is 9.59 Å². The van der Waals surface area contributed by atoms with Crippen LogP contribution in [0.4, 0.5) is 0 Å². The van der Waals surface area contributed by atoms with E-state index in [1.54, 1.807) is 6.92 Å². The molecule has 0 unspecified atom stereocenters. The second kappa shape index (κ2) is 3.76. The number of rotatable bonds is 1. The van der Waals surface area contributed by atoms with E-state index < -0.39 is 0 Å². The molecule has 1 aliphatic carbocycles. The van der Waals surface area contributed by atoms with Crippen LogP contribution in [0.1, 0.15) is 41.0 Å². The molecule has 1 rings (SSSR count). The summed E-state index contributed by atoms with van der Waals surface area (Å²) in [6.45, 7) is 9.76. The van der Waals surface area contributed by atoms with Gasteiger partial charge in [0, 0.05) is 12.0 Å². The van der Waals surface area contributed by atoms with Crippen LogP contribution in [-0.2, 0) is 9.59 Å². The predicted octanol–water partition coefficient (Wildman–Crippen LogP) is 2.84. The molecule has 2 nitrogen and oxygen atoms in total. The topological polar surface area (TPSA) is 34.1 Å². The van der Waals surface area contributed by atoms with Gasteiger partial charge in [-0.05, 0) is 31.8 Å². The van der Waals surface area contributed by atoms with Crippen LogP contribution in [0.15, 0.2) is 22.8 Å². The molecule has 0 bridgehead atoms. The van der Waals surface area contributed by atoms with Crippen LogP contribution in [0.2, 0.25) is 0 Å². The molecule has 0 saturated carbocycles. The van der Waals surface area contributed by atoms with Crippen molar-refractivity contribution in [3.63, 3.8) is 0 Å². The van der Waals surface area contributed by atoms with Crippen molar-refractivity contribution < 1.29 is 9.59 Å². The van der Waals surface area contributed by atoms with E-state index in [4.69, 9.17) is 0 Å². The third kappa shape index (κ3) is 2.25. The Morgan fingerprint density at radius 3 is 2.27 bits per heavy atom. The highest BCUT2D eigenvalue weighted by Crippen LogP contribution is 2.38. The number of Topliss-reactive ketones (excluding diaryl/α,β-unsaturated/α-hetero) is 2. The number of carbonyl (C=O) groups is 2. The van der Waals surface area contributed by atoms with Gasteiger partial charge in [0.25, 0.3) is 0 Å². The SMILES string of the molecule is CC(C)=CC1=C(C)C(=O)C(=O)CC1(C)C. The average Bonchev–Trinajstić information content (AvgIpc) is 2.08. The smallest absolute Gasteiger partial charge is 0.224 e. The highest BCUT2D eigenvalue weighted by atomic mass is 16.2. The average molecular weight is 206 g/mol. The molecule has 0 amide bonds. The summed E-state index contributed by atoms with van der Waals surface area (Å²) < 4.78 is 0. The Morgan fingerprint density at radius 2 is 1.80 bits per heavy atom. The fourth-order valence-corrected chi connectivity index (χ4v) is 2.01. The maximum absolute atomic E-state index is 11.6. The van der Waals surface area contributed by atoms with E-state index in [1.165, 1.54) is 0 Å². The summed E-state index contributed by atoms with van der Waals surface area (Å²) in [5, 5.41) is 0. The summed E-state index contributed by atoms with van der Waals surface area (Å²) >= 11 is 0. The Labute approximate surface area is 91.1 Å². The van der Waals surface area contributed by atoms with Crippen molar-refractivity contribution in [2.75, 3.05) is 0 Å². The van der Waals surface area contributed by atoms with Gasteiger partial charge in [0.1, 0.15) is 0 Å². The molecule has 15 heavy (non-hydrogen) atoms. The molecule has 0 aliphatic heterocycles. The summed E-state index contributed by atoms with van der Waals surface area (Å²) in [7, 11) is 0.